The lowest BCUT2D eigenvalue weighted by Gasteiger charge is -2.32. The van der Waals surface area contributed by atoms with Crippen molar-refractivity contribution in [2.45, 2.75) is 40.5 Å². The molecule has 3 rings (SSSR count). The highest BCUT2D eigenvalue weighted by Gasteiger charge is 2.42. The van der Waals surface area contributed by atoms with Gasteiger partial charge in [0.1, 0.15) is 11.4 Å². The molecule has 146 valence electrons. The number of amides is 2. The van der Waals surface area contributed by atoms with Gasteiger partial charge in [0.15, 0.2) is 0 Å². The largest absolute Gasteiger partial charge is 0.494 e. The number of hydrogen-bond acceptors (Lipinski definition) is 4. The Balaban J connectivity index is 1.99. The summed E-state index contributed by atoms with van der Waals surface area (Å²) in [7, 11) is 0. The fourth-order valence-electron chi connectivity index (χ4n) is 3.76. The molecule has 2 amide bonds. The van der Waals surface area contributed by atoms with Crippen molar-refractivity contribution in [1.82, 2.24) is 9.80 Å². The molecule has 2 aliphatic heterocycles. The van der Waals surface area contributed by atoms with E-state index in [0.717, 1.165) is 37.2 Å². The normalized spacial score (nSPS) is 18.9. The molecule has 2 aliphatic rings. The lowest BCUT2D eigenvalue weighted by molar-refractivity contribution is -0.138. The van der Waals surface area contributed by atoms with E-state index in [9.17, 15) is 9.59 Å². The molecule has 1 saturated heterocycles. The minimum atomic E-state index is -0.175. The number of nitrogens with zero attached hydrogens (tertiary/aromatic N) is 2. The van der Waals surface area contributed by atoms with Gasteiger partial charge in [0.25, 0.3) is 11.8 Å². The molecule has 0 aliphatic carbocycles. The number of hydrogen-bond donors (Lipinski definition) is 0. The van der Waals surface area contributed by atoms with E-state index in [1.54, 1.807) is 0 Å². The van der Waals surface area contributed by atoms with Crippen molar-refractivity contribution < 1.29 is 14.3 Å². The Morgan fingerprint density at radius 1 is 1.07 bits per heavy atom. The van der Waals surface area contributed by atoms with Crippen LogP contribution in [-0.2, 0) is 9.59 Å². The van der Waals surface area contributed by atoms with Gasteiger partial charge in [-0.2, -0.15) is 0 Å². The maximum atomic E-state index is 13.2. The van der Waals surface area contributed by atoms with Crippen LogP contribution in [0.4, 0.5) is 0 Å². The number of piperidine rings is 1. The summed E-state index contributed by atoms with van der Waals surface area (Å²) in [6.45, 7) is 10.9. The molecular weight excluding hydrogens is 340 g/mol. The van der Waals surface area contributed by atoms with Gasteiger partial charge in [0, 0.05) is 19.6 Å². The molecule has 0 aromatic heterocycles. The molecule has 0 radical (unpaired) electrons. The topological polar surface area (TPSA) is 49.9 Å². The van der Waals surface area contributed by atoms with Crippen LogP contribution >= 0.6 is 0 Å². The highest BCUT2D eigenvalue weighted by Crippen LogP contribution is 2.34. The highest BCUT2D eigenvalue weighted by molar-refractivity contribution is 6.35. The Morgan fingerprint density at radius 3 is 2.26 bits per heavy atom. The molecule has 1 fully saturated rings. The van der Waals surface area contributed by atoms with Crippen LogP contribution in [0.25, 0.3) is 5.57 Å². The Labute approximate surface area is 162 Å². The van der Waals surface area contributed by atoms with Crippen LogP contribution in [0.5, 0.6) is 5.75 Å². The van der Waals surface area contributed by atoms with Crippen LogP contribution in [0.3, 0.4) is 0 Å². The summed E-state index contributed by atoms with van der Waals surface area (Å²) in [5, 5.41) is 0. The van der Waals surface area contributed by atoms with Crippen LogP contribution in [0.1, 0.15) is 46.1 Å². The first-order valence-corrected chi connectivity index (χ1v) is 10.0. The van der Waals surface area contributed by atoms with Gasteiger partial charge in [-0.3, -0.25) is 14.5 Å². The van der Waals surface area contributed by atoms with Crippen molar-refractivity contribution >= 4 is 17.4 Å². The van der Waals surface area contributed by atoms with Crippen molar-refractivity contribution in [2.75, 3.05) is 26.2 Å². The average molecular weight is 370 g/mol. The number of ether oxygens (including phenoxy) is 1. The van der Waals surface area contributed by atoms with E-state index in [4.69, 9.17) is 4.74 Å². The molecule has 27 heavy (non-hydrogen) atoms. The van der Waals surface area contributed by atoms with Gasteiger partial charge in [-0.05, 0) is 49.3 Å². The third kappa shape index (κ3) is 4.02. The average Bonchev–Trinajstić information content (AvgIpc) is 2.88. The summed E-state index contributed by atoms with van der Waals surface area (Å²) in [6, 6.07) is 7.50. The third-order valence-corrected chi connectivity index (χ3v) is 5.25. The maximum absolute atomic E-state index is 13.2. The molecule has 0 spiro atoms. The lowest BCUT2D eigenvalue weighted by Crippen LogP contribution is -2.39. The van der Waals surface area contributed by atoms with Crippen molar-refractivity contribution in [3.63, 3.8) is 0 Å². The minimum Gasteiger partial charge on any atom is -0.494 e. The van der Waals surface area contributed by atoms with Crippen LogP contribution in [0.15, 0.2) is 30.0 Å². The van der Waals surface area contributed by atoms with Gasteiger partial charge in [0.05, 0.1) is 12.2 Å². The molecule has 1 aromatic carbocycles. The molecule has 0 N–H and O–H groups in total. The second-order valence-electron chi connectivity index (χ2n) is 7.97. The van der Waals surface area contributed by atoms with E-state index in [0.29, 0.717) is 30.3 Å². The molecule has 5 nitrogen and oxygen atoms in total. The molecule has 0 atom stereocenters. The van der Waals surface area contributed by atoms with Gasteiger partial charge < -0.3 is 9.64 Å². The summed E-state index contributed by atoms with van der Waals surface area (Å²) in [5.74, 6) is 1.35. The van der Waals surface area contributed by atoms with Gasteiger partial charge in [-0.25, -0.2) is 0 Å². The first-order chi connectivity index (χ1) is 12.9. The Hall–Kier alpha value is -2.30. The number of likely N-dealkylation sites (tertiary alicyclic amines) is 1. The zero-order valence-corrected chi connectivity index (χ0v) is 16.8. The Kier molecular flexibility index (Phi) is 5.88. The number of carbonyl (C=O) groups excluding carboxylic acids is 2. The van der Waals surface area contributed by atoms with Crippen LogP contribution in [0.2, 0.25) is 0 Å². The zero-order chi connectivity index (χ0) is 19.6. The number of rotatable bonds is 6. The molecule has 1 aromatic rings. The molecule has 5 heteroatoms. The summed E-state index contributed by atoms with van der Waals surface area (Å²) in [4.78, 5) is 29.9. The SMILES string of the molecule is CCOc1ccc(C2=C(N3CCC(C)CC3)C(=O)N(CC(C)C)C2=O)cc1. The predicted molar refractivity (Wildman–Crippen MR) is 106 cm³/mol. The molecule has 2 heterocycles. The van der Waals surface area contributed by atoms with Crippen molar-refractivity contribution in [3.05, 3.63) is 35.5 Å². The van der Waals surface area contributed by atoms with Gasteiger partial charge >= 0.3 is 0 Å². The van der Waals surface area contributed by atoms with Crippen LogP contribution in [0, 0.1) is 11.8 Å². The van der Waals surface area contributed by atoms with Gasteiger partial charge in [-0.1, -0.05) is 32.9 Å². The third-order valence-electron chi connectivity index (χ3n) is 5.25. The van der Waals surface area contributed by atoms with Crippen LogP contribution < -0.4 is 4.74 Å². The summed E-state index contributed by atoms with van der Waals surface area (Å²) in [5.41, 5.74) is 1.91. The molecule has 0 saturated carbocycles. The maximum Gasteiger partial charge on any atom is 0.277 e. The summed E-state index contributed by atoms with van der Waals surface area (Å²) in [6.07, 6.45) is 2.09. The van der Waals surface area contributed by atoms with Gasteiger partial charge in [0.2, 0.25) is 0 Å². The Bertz CT molecular complexity index is 728. The van der Waals surface area contributed by atoms with Crippen molar-refractivity contribution in [3.8, 4) is 5.75 Å². The van der Waals surface area contributed by atoms with E-state index >= 15 is 0 Å². The van der Waals surface area contributed by atoms with E-state index < -0.39 is 0 Å². The lowest BCUT2D eigenvalue weighted by atomic mass is 9.97. The minimum absolute atomic E-state index is 0.146. The number of carbonyl (C=O) groups is 2. The smallest absolute Gasteiger partial charge is 0.277 e. The van der Waals surface area contributed by atoms with E-state index in [1.807, 2.05) is 45.0 Å². The quantitative estimate of drug-likeness (QED) is 0.719. The fraction of sp³-hybridized carbons (Fsp3) is 0.545. The summed E-state index contributed by atoms with van der Waals surface area (Å²) >= 11 is 0. The van der Waals surface area contributed by atoms with Crippen molar-refractivity contribution in [1.29, 1.82) is 0 Å². The van der Waals surface area contributed by atoms with Crippen LogP contribution in [-0.4, -0.2) is 47.9 Å². The van der Waals surface area contributed by atoms with Gasteiger partial charge in [-0.15, -0.1) is 0 Å². The standard InChI is InChI=1S/C22H30N2O3/c1-5-27-18-8-6-17(7-9-18)19-20(23-12-10-16(4)11-13-23)22(26)24(21(19)25)14-15(2)3/h6-9,15-16H,5,10-14H2,1-4H3. The zero-order valence-electron chi connectivity index (χ0n) is 16.8. The van der Waals surface area contributed by atoms with E-state index in [1.165, 1.54) is 4.90 Å². The first kappa shape index (κ1) is 19.5. The van der Waals surface area contributed by atoms with Crippen molar-refractivity contribution in [2.24, 2.45) is 11.8 Å². The summed E-state index contributed by atoms with van der Waals surface area (Å²) < 4.78 is 5.51. The van der Waals surface area contributed by atoms with E-state index in [-0.39, 0.29) is 17.7 Å². The molecular formula is C22H30N2O3. The second kappa shape index (κ2) is 8.15. The van der Waals surface area contributed by atoms with E-state index in [2.05, 4.69) is 11.8 Å². The fourth-order valence-corrected chi connectivity index (χ4v) is 3.76. The Morgan fingerprint density at radius 2 is 1.70 bits per heavy atom. The second-order valence-corrected chi connectivity index (χ2v) is 7.97. The first-order valence-electron chi connectivity index (χ1n) is 10.0. The predicted octanol–water partition coefficient (Wildman–Crippen LogP) is 3.55. The monoisotopic (exact) mass is 370 g/mol. The number of imide groups is 1. The highest BCUT2D eigenvalue weighted by atomic mass is 16.5. The molecule has 0 unspecified atom stereocenters. The number of benzene rings is 1. The molecule has 0 bridgehead atoms.